The Hall–Kier alpha value is -1.64. The fourth-order valence-electron chi connectivity index (χ4n) is 4.89. The largest absolute Gasteiger partial charge is 0.388 e. The monoisotopic (exact) mass is 528 g/mol. The van der Waals surface area contributed by atoms with Crippen molar-refractivity contribution in [3.05, 3.63) is 33.1 Å². The quantitative estimate of drug-likeness (QED) is 0.156. The number of nitrogens with one attached hydrogen (secondary N) is 2. The van der Waals surface area contributed by atoms with E-state index < -0.39 is 60.4 Å². The minimum absolute atomic E-state index is 0.0231. The lowest BCUT2D eigenvalue weighted by Gasteiger charge is -2.28. The van der Waals surface area contributed by atoms with E-state index in [2.05, 4.69) is 17.2 Å². The van der Waals surface area contributed by atoms with E-state index in [9.17, 15) is 24.9 Å². The van der Waals surface area contributed by atoms with Crippen molar-refractivity contribution >= 4 is 0 Å². The maximum atomic E-state index is 12.2. The van der Waals surface area contributed by atoms with Crippen molar-refractivity contribution in [1.29, 1.82) is 0 Å². The first kappa shape index (κ1) is 29.9. The van der Waals surface area contributed by atoms with E-state index in [0.29, 0.717) is 6.54 Å². The molecule has 2 saturated heterocycles. The molecule has 12 heteroatoms. The Kier molecular flexibility index (Phi) is 12.2. The zero-order valence-corrected chi connectivity index (χ0v) is 21.7. The van der Waals surface area contributed by atoms with Crippen molar-refractivity contribution in [2.75, 3.05) is 19.6 Å². The normalized spacial score (nSPS) is 30.7. The molecule has 2 aliphatic rings. The number of nitrogens with two attached hydrogens (primary N) is 1. The number of unbranched alkanes of at least 4 members (excludes halogenated alkanes) is 7. The molecule has 0 bridgehead atoms. The summed E-state index contributed by atoms with van der Waals surface area (Å²) in [6, 6.07) is 1.18. The lowest BCUT2D eigenvalue weighted by molar-refractivity contribution is -0.213. The summed E-state index contributed by atoms with van der Waals surface area (Å²) in [6.07, 6.45) is 3.43. The average Bonchev–Trinajstić information content (AvgIpc) is 3.38. The van der Waals surface area contributed by atoms with Gasteiger partial charge in [-0.3, -0.25) is 14.3 Å². The fraction of sp³-hybridized carbons (Fsp3) is 0.840. The standard InChI is InChI=1S/C25H44N4O8/c1-2-3-4-5-6-7-8-9-11-27-15-19(37-24-22(33)21(32)18(14-26)36-24)17-13-16(30)23(35-17)29-12-10-20(31)28-25(29)34/h10,12,16-19,21-24,27,30,32-33H,2-9,11,13-15,26H2,1H3,(H,28,31,34)/t16-,17+,18-,19+,21-,22-,23-,24+/m1/s1. The van der Waals surface area contributed by atoms with Gasteiger partial charge in [-0.2, -0.15) is 0 Å². The minimum Gasteiger partial charge on any atom is -0.388 e. The van der Waals surface area contributed by atoms with E-state index in [1.165, 1.54) is 50.8 Å². The summed E-state index contributed by atoms with van der Waals surface area (Å²) in [7, 11) is 0. The molecule has 2 aliphatic heterocycles. The highest BCUT2D eigenvalue weighted by Crippen LogP contribution is 2.32. The highest BCUT2D eigenvalue weighted by atomic mass is 16.7. The van der Waals surface area contributed by atoms with Crippen molar-refractivity contribution < 1.29 is 29.5 Å². The van der Waals surface area contributed by atoms with E-state index in [1.807, 2.05) is 0 Å². The van der Waals surface area contributed by atoms with Gasteiger partial charge in [0.25, 0.3) is 5.56 Å². The molecule has 212 valence electrons. The SMILES string of the molecule is CCCCCCCCCCNC[C@H](O[C@@H]1O[C@H](CN)[C@@H](O)[C@H]1O)[C@@H]1C[C@@H](O)[C@H](n2ccc(=O)[nH]c2=O)O1. The van der Waals surface area contributed by atoms with Crippen molar-refractivity contribution in [3.8, 4) is 0 Å². The number of ether oxygens (including phenoxy) is 3. The van der Waals surface area contributed by atoms with Gasteiger partial charge in [0.1, 0.15) is 24.4 Å². The lowest BCUT2D eigenvalue weighted by Crippen LogP contribution is -2.44. The van der Waals surface area contributed by atoms with E-state index in [4.69, 9.17) is 19.9 Å². The molecular formula is C25H44N4O8. The Bertz CT molecular complexity index is 911. The van der Waals surface area contributed by atoms with Crippen LogP contribution in [0, 0.1) is 0 Å². The molecule has 8 atom stereocenters. The van der Waals surface area contributed by atoms with Gasteiger partial charge in [0.05, 0.1) is 12.2 Å². The van der Waals surface area contributed by atoms with Gasteiger partial charge in [-0.25, -0.2) is 4.79 Å². The Labute approximate surface area is 217 Å². The molecule has 3 heterocycles. The van der Waals surface area contributed by atoms with Crippen LogP contribution in [0.3, 0.4) is 0 Å². The molecule has 12 nitrogen and oxygen atoms in total. The van der Waals surface area contributed by atoms with Crippen LogP contribution >= 0.6 is 0 Å². The van der Waals surface area contributed by atoms with E-state index in [1.54, 1.807) is 0 Å². The second-order valence-corrected chi connectivity index (χ2v) is 10.00. The van der Waals surface area contributed by atoms with Crippen LogP contribution in [-0.2, 0) is 14.2 Å². The third-order valence-electron chi connectivity index (χ3n) is 7.07. The van der Waals surface area contributed by atoms with Gasteiger partial charge >= 0.3 is 5.69 Å². The second-order valence-electron chi connectivity index (χ2n) is 10.00. The van der Waals surface area contributed by atoms with E-state index >= 15 is 0 Å². The Morgan fingerprint density at radius 2 is 1.81 bits per heavy atom. The predicted molar refractivity (Wildman–Crippen MR) is 136 cm³/mol. The molecule has 37 heavy (non-hydrogen) atoms. The summed E-state index contributed by atoms with van der Waals surface area (Å²) in [4.78, 5) is 25.8. The highest BCUT2D eigenvalue weighted by molar-refractivity contribution is 4.93. The van der Waals surface area contributed by atoms with Gasteiger partial charge in [0.2, 0.25) is 0 Å². The summed E-state index contributed by atoms with van der Waals surface area (Å²) in [6.45, 7) is 3.34. The first-order valence-electron chi connectivity index (χ1n) is 13.6. The third kappa shape index (κ3) is 8.42. The molecule has 0 spiro atoms. The molecule has 0 aliphatic carbocycles. The minimum atomic E-state index is -1.28. The maximum absolute atomic E-state index is 12.2. The number of aromatic nitrogens is 2. The summed E-state index contributed by atoms with van der Waals surface area (Å²) >= 11 is 0. The molecule has 2 fully saturated rings. The van der Waals surface area contributed by atoms with Gasteiger partial charge < -0.3 is 40.6 Å². The molecule has 0 radical (unpaired) electrons. The Morgan fingerprint density at radius 1 is 1.11 bits per heavy atom. The summed E-state index contributed by atoms with van der Waals surface area (Å²) in [5.41, 5.74) is 4.39. The summed E-state index contributed by atoms with van der Waals surface area (Å²) in [5, 5.41) is 34.6. The zero-order valence-electron chi connectivity index (χ0n) is 21.7. The maximum Gasteiger partial charge on any atom is 0.330 e. The predicted octanol–water partition coefficient (Wildman–Crippen LogP) is -0.294. The van der Waals surface area contributed by atoms with Crippen molar-refractivity contribution in [1.82, 2.24) is 14.9 Å². The number of nitrogens with zero attached hydrogens (tertiary/aromatic N) is 1. The van der Waals surface area contributed by atoms with Gasteiger partial charge in [-0.15, -0.1) is 0 Å². The van der Waals surface area contributed by atoms with E-state index in [0.717, 1.165) is 24.0 Å². The van der Waals surface area contributed by atoms with Crippen LogP contribution in [0.2, 0.25) is 0 Å². The molecule has 1 aromatic heterocycles. The van der Waals surface area contributed by atoms with Crippen molar-refractivity contribution in [3.63, 3.8) is 0 Å². The van der Waals surface area contributed by atoms with Crippen LogP contribution in [0.5, 0.6) is 0 Å². The van der Waals surface area contributed by atoms with Crippen LogP contribution < -0.4 is 22.3 Å². The molecule has 0 amide bonds. The molecule has 0 saturated carbocycles. The molecule has 0 unspecified atom stereocenters. The number of rotatable bonds is 16. The molecule has 7 N–H and O–H groups in total. The number of hydrogen-bond acceptors (Lipinski definition) is 10. The van der Waals surface area contributed by atoms with Crippen LogP contribution in [0.1, 0.15) is 70.9 Å². The van der Waals surface area contributed by atoms with Gasteiger partial charge in [0, 0.05) is 31.8 Å². The topological polar surface area (TPSA) is 181 Å². The number of aliphatic hydroxyl groups excluding tert-OH is 3. The van der Waals surface area contributed by atoms with Crippen molar-refractivity contribution in [2.45, 2.75) is 114 Å². The zero-order chi connectivity index (χ0) is 26.8. The average molecular weight is 529 g/mol. The first-order valence-corrected chi connectivity index (χ1v) is 13.6. The number of hydrogen-bond donors (Lipinski definition) is 6. The second kappa shape index (κ2) is 15.1. The van der Waals surface area contributed by atoms with Crippen LogP contribution in [-0.4, -0.2) is 87.4 Å². The van der Waals surface area contributed by atoms with Gasteiger partial charge in [-0.05, 0) is 13.0 Å². The number of aliphatic hydroxyl groups is 3. The van der Waals surface area contributed by atoms with Crippen LogP contribution in [0.4, 0.5) is 0 Å². The molecule has 1 aromatic rings. The number of H-pyrrole nitrogens is 1. The summed E-state index contributed by atoms with van der Waals surface area (Å²) in [5.74, 6) is 0. The van der Waals surface area contributed by atoms with Crippen LogP contribution in [0.25, 0.3) is 0 Å². The molecule has 0 aromatic carbocycles. The Morgan fingerprint density at radius 3 is 2.46 bits per heavy atom. The Balaban J connectivity index is 1.57. The first-order chi connectivity index (χ1) is 17.8. The van der Waals surface area contributed by atoms with Gasteiger partial charge in [-0.1, -0.05) is 51.9 Å². The fourth-order valence-corrected chi connectivity index (χ4v) is 4.89. The molecular weight excluding hydrogens is 484 g/mol. The van der Waals surface area contributed by atoms with Gasteiger partial charge in [0.15, 0.2) is 12.5 Å². The number of aromatic amines is 1. The van der Waals surface area contributed by atoms with Crippen molar-refractivity contribution in [2.24, 2.45) is 5.73 Å². The highest BCUT2D eigenvalue weighted by Gasteiger charge is 2.46. The van der Waals surface area contributed by atoms with Crippen LogP contribution in [0.15, 0.2) is 21.9 Å². The third-order valence-corrected chi connectivity index (χ3v) is 7.07. The smallest absolute Gasteiger partial charge is 0.330 e. The lowest BCUT2D eigenvalue weighted by atomic mass is 10.1. The summed E-state index contributed by atoms with van der Waals surface area (Å²) < 4.78 is 18.8. The van der Waals surface area contributed by atoms with E-state index in [-0.39, 0.29) is 13.0 Å². The molecule has 3 rings (SSSR count).